The monoisotopic (exact) mass is 422 g/mol. The summed E-state index contributed by atoms with van der Waals surface area (Å²) < 4.78 is 23.4. The van der Waals surface area contributed by atoms with E-state index in [9.17, 15) is 18.0 Å². The quantitative estimate of drug-likeness (QED) is 0.705. The molecule has 1 aliphatic rings. The van der Waals surface area contributed by atoms with E-state index in [0.29, 0.717) is 12.3 Å². The number of carboxylic acids is 1. The predicted octanol–water partition coefficient (Wildman–Crippen LogP) is 3.55. The summed E-state index contributed by atoms with van der Waals surface area (Å²) in [4.78, 5) is 28.2. The van der Waals surface area contributed by atoms with E-state index in [0.717, 1.165) is 48.8 Å². The van der Waals surface area contributed by atoms with Crippen molar-refractivity contribution in [2.24, 2.45) is 5.92 Å². The molecule has 1 atom stereocenters. The molecule has 28 heavy (non-hydrogen) atoms. The molecule has 9 heteroatoms. The van der Waals surface area contributed by atoms with Gasteiger partial charge in [0, 0.05) is 6.26 Å². The summed E-state index contributed by atoms with van der Waals surface area (Å²) >= 11 is 0.909. The molecule has 2 aromatic rings. The highest BCUT2D eigenvalue weighted by Crippen LogP contribution is 2.35. The van der Waals surface area contributed by atoms with Gasteiger partial charge in [-0.2, -0.15) is 0 Å². The van der Waals surface area contributed by atoms with E-state index >= 15 is 0 Å². The molecular weight excluding hydrogens is 400 g/mol. The number of amides is 1. The molecule has 1 heterocycles. The van der Waals surface area contributed by atoms with Gasteiger partial charge in [-0.3, -0.25) is 4.79 Å². The molecule has 0 radical (unpaired) electrons. The van der Waals surface area contributed by atoms with Crippen molar-refractivity contribution < 1.29 is 23.1 Å². The van der Waals surface area contributed by atoms with Crippen molar-refractivity contribution in [2.45, 2.75) is 42.9 Å². The number of nitrogens with one attached hydrogen (secondary N) is 1. The second kappa shape index (κ2) is 8.40. The summed E-state index contributed by atoms with van der Waals surface area (Å²) in [5.41, 5.74) is 0.742. The van der Waals surface area contributed by atoms with Crippen molar-refractivity contribution in [1.29, 1.82) is 0 Å². The van der Waals surface area contributed by atoms with Crippen LogP contribution in [0.3, 0.4) is 0 Å². The molecule has 1 aromatic heterocycles. The van der Waals surface area contributed by atoms with Crippen molar-refractivity contribution in [2.75, 3.05) is 11.6 Å². The maximum atomic E-state index is 13.0. The van der Waals surface area contributed by atoms with E-state index in [1.54, 1.807) is 12.1 Å². The number of aromatic carboxylic acids is 1. The van der Waals surface area contributed by atoms with Crippen molar-refractivity contribution in [3.63, 3.8) is 0 Å². The van der Waals surface area contributed by atoms with Crippen LogP contribution in [0.15, 0.2) is 35.4 Å². The Morgan fingerprint density at radius 3 is 2.43 bits per heavy atom. The Bertz CT molecular complexity index is 960. The van der Waals surface area contributed by atoms with Gasteiger partial charge >= 0.3 is 5.97 Å². The molecule has 1 fully saturated rings. The standard InChI is InChI=1S/C19H22N2O5S2/c1-28(25,26)14-8-6-13(7-9-14)15(10-12-4-2-3-5-12)17(22)21-19-20-11-16(27-19)18(23)24/h6-9,11-12,15H,2-5,10H2,1H3,(H,23,24)(H,20,21,22). The number of hydrogen-bond acceptors (Lipinski definition) is 6. The first-order chi connectivity index (χ1) is 13.2. The van der Waals surface area contributed by atoms with Gasteiger partial charge in [0.25, 0.3) is 0 Å². The molecule has 0 aliphatic heterocycles. The number of aromatic nitrogens is 1. The van der Waals surface area contributed by atoms with E-state index in [-0.39, 0.29) is 20.8 Å². The molecule has 2 N–H and O–H groups in total. The third-order valence-electron chi connectivity index (χ3n) is 5.02. The van der Waals surface area contributed by atoms with Crippen molar-refractivity contribution in [3.8, 4) is 0 Å². The average molecular weight is 423 g/mol. The molecule has 1 saturated carbocycles. The highest BCUT2D eigenvalue weighted by Gasteiger charge is 2.27. The number of anilines is 1. The number of hydrogen-bond donors (Lipinski definition) is 2. The number of carbonyl (C=O) groups excluding carboxylic acids is 1. The molecule has 1 unspecified atom stereocenters. The van der Waals surface area contributed by atoms with Gasteiger partial charge in [0.1, 0.15) is 4.88 Å². The molecule has 1 amide bonds. The fourth-order valence-corrected chi connectivity index (χ4v) is 4.83. The number of thiazole rings is 1. The van der Waals surface area contributed by atoms with Gasteiger partial charge in [0.15, 0.2) is 15.0 Å². The number of carboxylic acid groups (broad SMARTS) is 1. The molecule has 1 aliphatic carbocycles. The maximum Gasteiger partial charge on any atom is 0.347 e. The van der Waals surface area contributed by atoms with Gasteiger partial charge < -0.3 is 10.4 Å². The zero-order valence-electron chi connectivity index (χ0n) is 15.4. The summed E-state index contributed by atoms with van der Waals surface area (Å²) in [7, 11) is -3.31. The fraction of sp³-hybridized carbons (Fsp3) is 0.421. The lowest BCUT2D eigenvalue weighted by Crippen LogP contribution is -2.23. The average Bonchev–Trinajstić information content (AvgIpc) is 3.30. The van der Waals surface area contributed by atoms with Crippen LogP contribution >= 0.6 is 11.3 Å². The Morgan fingerprint density at radius 2 is 1.89 bits per heavy atom. The third-order valence-corrected chi connectivity index (χ3v) is 7.05. The Morgan fingerprint density at radius 1 is 1.25 bits per heavy atom. The summed E-state index contributed by atoms with van der Waals surface area (Å²) in [6.45, 7) is 0. The first kappa shape index (κ1) is 20.5. The first-order valence-corrected chi connectivity index (χ1v) is 11.7. The molecular formula is C19H22N2O5S2. The van der Waals surface area contributed by atoms with Gasteiger partial charge in [-0.1, -0.05) is 49.2 Å². The van der Waals surface area contributed by atoms with Gasteiger partial charge in [-0.05, 0) is 30.0 Å². The summed E-state index contributed by atoms with van der Waals surface area (Å²) in [6.07, 6.45) is 7.49. The van der Waals surface area contributed by atoms with Crippen LogP contribution < -0.4 is 5.32 Å². The lowest BCUT2D eigenvalue weighted by molar-refractivity contribution is -0.118. The van der Waals surface area contributed by atoms with E-state index in [4.69, 9.17) is 5.11 Å². The number of sulfone groups is 1. The van der Waals surface area contributed by atoms with Crippen molar-refractivity contribution in [1.82, 2.24) is 4.98 Å². The Labute approximate surface area is 167 Å². The minimum Gasteiger partial charge on any atom is -0.477 e. The van der Waals surface area contributed by atoms with E-state index in [1.165, 1.54) is 18.3 Å². The lowest BCUT2D eigenvalue weighted by Gasteiger charge is -2.20. The Balaban J connectivity index is 1.82. The second-order valence-corrected chi connectivity index (χ2v) is 10.2. The van der Waals surface area contributed by atoms with Crippen LogP contribution in [0, 0.1) is 5.92 Å². The molecule has 0 bridgehead atoms. The second-order valence-electron chi connectivity index (χ2n) is 7.10. The predicted molar refractivity (Wildman–Crippen MR) is 107 cm³/mol. The smallest absolute Gasteiger partial charge is 0.347 e. The van der Waals surface area contributed by atoms with Crippen LogP contribution in [0.2, 0.25) is 0 Å². The minimum atomic E-state index is -3.31. The topological polar surface area (TPSA) is 113 Å². The van der Waals surface area contributed by atoms with Crippen LogP contribution in [0.4, 0.5) is 5.13 Å². The summed E-state index contributed by atoms with van der Waals surface area (Å²) in [6, 6.07) is 6.40. The normalized spacial score (nSPS) is 16.0. The van der Waals surface area contributed by atoms with E-state index < -0.39 is 21.7 Å². The maximum absolute atomic E-state index is 13.0. The molecule has 0 saturated heterocycles. The van der Waals surface area contributed by atoms with E-state index in [1.807, 2.05) is 0 Å². The number of rotatable bonds is 7. The van der Waals surface area contributed by atoms with Crippen LogP contribution in [-0.2, 0) is 14.6 Å². The summed E-state index contributed by atoms with van der Waals surface area (Å²) in [5, 5.41) is 12.0. The highest BCUT2D eigenvalue weighted by atomic mass is 32.2. The molecule has 3 rings (SSSR count). The van der Waals surface area contributed by atoms with E-state index in [2.05, 4.69) is 10.3 Å². The number of nitrogens with zero attached hydrogens (tertiary/aromatic N) is 1. The Kier molecular flexibility index (Phi) is 6.14. The minimum absolute atomic E-state index is 0.0557. The van der Waals surface area contributed by atoms with Crippen molar-refractivity contribution >= 4 is 38.2 Å². The van der Waals surface area contributed by atoms with Crippen LogP contribution in [-0.4, -0.2) is 36.6 Å². The molecule has 150 valence electrons. The van der Waals surface area contributed by atoms with Crippen LogP contribution in [0.5, 0.6) is 0 Å². The largest absolute Gasteiger partial charge is 0.477 e. The SMILES string of the molecule is CS(=O)(=O)c1ccc(C(CC2CCCC2)C(=O)Nc2ncc(C(=O)O)s2)cc1. The van der Waals surface area contributed by atoms with Crippen molar-refractivity contribution in [3.05, 3.63) is 40.9 Å². The molecule has 7 nitrogen and oxygen atoms in total. The highest BCUT2D eigenvalue weighted by molar-refractivity contribution is 7.90. The lowest BCUT2D eigenvalue weighted by atomic mass is 9.87. The van der Waals surface area contributed by atoms with Gasteiger partial charge in [0.05, 0.1) is 17.0 Å². The van der Waals surface area contributed by atoms with Crippen LogP contribution in [0.1, 0.15) is 53.3 Å². The fourth-order valence-electron chi connectivity index (χ4n) is 3.54. The molecule has 0 spiro atoms. The van der Waals surface area contributed by atoms with Crippen LogP contribution in [0.25, 0.3) is 0 Å². The summed E-state index contributed by atoms with van der Waals surface area (Å²) in [5.74, 6) is -1.35. The molecule has 1 aromatic carbocycles. The number of carbonyl (C=O) groups is 2. The zero-order chi connectivity index (χ0) is 20.3. The van der Waals surface area contributed by atoms with Gasteiger partial charge in [-0.25, -0.2) is 18.2 Å². The van der Waals surface area contributed by atoms with Gasteiger partial charge in [0.2, 0.25) is 5.91 Å². The zero-order valence-corrected chi connectivity index (χ0v) is 17.1. The van der Waals surface area contributed by atoms with Gasteiger partial charge in [-0.15, -0.1) is 0 Å². The Hall–Kier alpha value is -2.26. The number of benzene rings is 1. The first-order valence-electron chi connectivity index (χ1n) is 9.04. The third kappa shape index (κ3) is 4.96.